The van der Waals surface area contributed by atoms with Gasteiger partial charge in [-0.2, -0.15) is 5.10 Å². The van der Waals surface area contributed by atoms with E-state index in [2.05, 4.69) is 20.5 Å². The molecule has 2 heterocycles. The minimum atomic E-state index is -0.312. The smallest absolute Gasteiger partial charge is 0.257 e. The first-order valence-corrected chi connectivity index (χ1v) is 7.38. The molecule has 5 nitrogen and oxygen atoms in total. The van der Waals surface area contributed by atoms with Gasteiger partial charge in [0.15, 0.2) is 0 Å². The van der Waals surface area contributed by atoms with E-state index >= 15 is 0 Å². The summed E-state index contributed by atoms with van der Waals surface area (Å²) < 4.78 is 13.1. The van der Waals surface area contributed by atoms with E-state index in [1.54, 1.807) is 30.7 Å². The van der Waals surface area contributed by atoms with Gasteiger partial charge in [0.05, 0.1) is 17.3 Å². The molecule has 0 fully saturated rings. The molecule has 0 saturated heterocycles. The summed E-state index contributed by atoms with van der Waals surface area (Å²) in [6.07, 6.45) is 5.07. The largest absolute Gasteiger partial charge is 0.366 e. The van der Waals surface area contributed by atoms with E-state index < -0.39 is 0 Å². The zero-order valence-electron chi connectivity index (χ0n) is 12.5. The second-order valence-electron chi connectivity index (χ2n) is 5.42. The SMILES string of the molecule is O=C(Nc1ccc2cn[nH]c2c1)c1c[nH]cc1-c1ccc(F)cc1. The van der Waals surface area contributed by atoms with Crippen LogP contribution in [0.2, 0.25) is 0 Å². The zero-order chi connectivity index (χ0) is 16.5. The van der Waals surface area contributed by atoms with Gasteiger partial charge in [-0.1, -0.05) is 12.1 Å². The highest BCUT2D eigenvalue weighted by atomic mass is 19.1. The van der Waals surface area contributed by atoms with Crippen LogP contribution in [0.4, 0.5) is 10.1 Å². The van der Waals surface area contributed by atoms with Gasteiger partial charge in [0, 0.05) is 29.0 Å². The minimum Gasteiger partial charge on any atom is -0.366 e. The molecule has 4 aromatic rings. The number of hydrogen-bond acceptors (Lipinski definition) is 2. The van der Waals surface area contributed by atoms with Gasteiger partial charge < -0.3 is 10.3 Å². The number of H-pyrrole nitrogens is 2. The van der Waals surface area contributed by atoms with E-state index in [0.29, 0.717) is 11.3 Å². The van der Waals surface area contributed by atoms with Crippen molar-refractivity contribution in [2.24, 2.45) is 0 Å². The number of rotatable bonds is 3. The lowest BCUT2D eigenvalue weighted by molar-refractivity contribution is 0.102. The molecule has 0 saturated carbocycles. The molecule has 2 aromatic heterocycles. The summed E-state index contributed by atoms with van der Waals surface area (Å²) in [7, 11) is 0. The molecule has 3 N–H and O–H groups in total. The average Bonchev–Trinajstić information content (AvgIpc) is 3.24. The van der Waals surface area contributed by atoms with Crippen LogP contribution in [0.25, 0.3) is 22.0 Å². The number of aromatic nitrogens is 3. The third kappa shape index (κ3) is 2.54. The van der Waals surface area contributed by atoms with Crippen LogP contribution in [0.1, 0.15) is 10.4 Å². The molecule has 2 aromatic carbocycles. The van der Waals surface area contributed by atoms with E-state index in [1.807, 2.05) is 18.2 Å². The van der Waals surface area contributed by atoms with Crippen molar-refractivity contribution in [3.63, 3.8) is 0 Å². The van der Waals surface area contributed by atoms with Crippen molar-refractivity contribution in [3.8, 4) is 11.1 Å². The number of nitrogens with zero attached hydrogens (tertiary/aromatic N) is 1. The van der Waals surface area contributed by atoms with Gasteiger partial charge >= 0.3 is 0 Å². The molecule has 118 valence electrons. The number of hydrogen-bond donors (Lipinski definition) is 3. The molecular formula is C18H13FN4O. The monoisotopic (exact) mass is 320 g/mol. The van der Waals surface area contributed by atoms with Gasteiger partial charge in [-0.05, 0) is 35.9 Å². The Hall–Kier alpha value is -3.41. The maximum Gasteiger partial charge on any atom is 0.257 e. The fourth-order valence-electron chi connectivity index (χ4n) is 2.63. The molecule has 0 bridgehead atoms. The Balaban J connectivity index is 1.63. The van der Waals surface area contributed by atoms with Crippen LogP contribution in [-0.4, -0.2) is 21.1 Å². The maximum atomic E-state index is 13.1. The lowest BCUT2D eigenvalue weighted by atomic mass is 10.0. The molecule has 1 amide bonds. The number of aromatic amines is 2. The van der Waals surface area contributed by atoms with Crippen molar-refractivity contribution >= 4 is 22.5 Å². The predicted octanol–water partition coefficient (Wildman–Crippen LogP) is 3.95. The summed E-state index contributed by atoms with van der Waals surface area (Å²) in [6, 6.07) is 11.6. The fraction of sp³-hybridized carbons (Fsp3) is 0. The predicted molar refractivity (Wildman–Crippen MR) is 90.2 cm³/mol. The quantitative estimate of drug-likeness (QED) is 0.535. The number of carbonyl (C=O) groups excluding carboxylic acids is 1. The summed E-state index contributed by atoms with van der Waals surface area (Å²) in [6.45, 7) is 0. The Morgan fingerprint density at radius 3 is 2.75 bits per heavy atom. The van der Waals surface area contributed by atoms with Crippen LogP contribution in [0.5, 0.6) is 0 Å². The first-order chi connectivity index (χ1) is 11.7. The number of amides is 1. The summed E-state index contributed by atoms with van der Waals surface area (Å²) in [5, 5.41) is 10.7. The Kier molecular flexibility index (Phi) is 3.35. The molecular weight excluding hydrogens is 307 g/mol. The third-order valence-corrected chi connectivity index (χ3v) is 3.85. The van der Waals surface area contributed by atoms with Crippen molar-refractivity contribution in [1.29, 1.82) is 0 Å². The van der Waals surface area contributed by atoms with Crippen molar-refractivity contribution in [3.05, 3.63) is 72.4 Å². The van der Waals surface area contributed by atoms with Crippen molar-refractivity contribution < 1.29 is 9.18 Å². The summed E-state index contributed by atoms with van der Waals surface area (Å²) in [5.74, 6) is -0.553. The zero-order valence-corrected chi connectivity index (χ0v) is 12.5. The van der Waals surface area contributed by atoms with E-state index in [1.165, 1.54) is 12.1 Å². The molecule has 0 unspecified atom stereocenters. The van der Waals surface area contributed by atoms with Crippen LogP contribution in [0.3, 0.4) is 0 Å². The Bertz CT molecular complexity index is 1020. The first kappa shape index (κ1) is 14.2. The van der Waals surface area contributed by atoms with E-state index in [4.69, 9.17) is 0 Å². The number of nitrogens with one attached hydrogen (secondary N) is 3. The first-order valence-electron chi connectivity index (χ1n) is 7.38. The van der Waals surface area contributed by atoms with Crippen LogP contribution < -0.4 is 5.32 Å². The topological polar surface area (TPSA) is 73.6 Å². The molecule has 6 heteroatoms. The second kappa shape index (κ2) is 5.66. The molecule has 0 atom stereocenters. The number of carbonyl (C=O) groups is 1. The molecule has 4 rings (SSSR count). The lowest BCUT2D eigenvalue weighted by Gasteiger charge is -2.07. The minimum absolute atomic E-state index is 0.241. The maximum absolute atomic E-state index is 13.1. The summed E-state index contributed by atoms with van der Waals surface area (Å²) >= 11 is 0. The van der Waals surface area contributed by atoms with Crippen LogP contribution in [0.15, 0.2) is 61.1 Å². The van der Waals surface area contributed by atoms with Gasteiger partial charge in [0.2, 0.25) is 0 Å². The third-order valence-electron chi connectivity index (χ3n) is 3.85. The highest BCUT2D eigenvalue weighted by Crippen LogP contribution is 2.25. The van der Waals surface area contributed by atoms with Gasteiger partial charge in [-0.15, -0.1) is 0 Å². The van der Waals surface area contributed by atoms with E-state index in [9.17, 15) is 9.18 Å². The Morgan fingerprint density at radius 2 is 1.92 bits per heavy atom. The van der Waals surface area contributed by atoms with Crippen LogP contribution in [0, 0.1) is 5.82 Å². The molecule has 0 spiro atoms. The molecule has 0 aliphatic rings. The summed E-state index contributed by atoms with van der Waals surface area (Å²) in [5.41, 5.74) is 3.50. The normalized spacial score (nSPS) is 10.9. The van der Waals surface area contributed by atoms with Gasteiger partial charge in [0.25, 0.3) is 5.91 Å². The standard InChI is InChI=1S/C18H13FN4O/c19-13-4-1-11(2-5-13)15-9-20-10-16(15)18(24)22-14-6-3-12-8-21-23-17(12)7-14/h1-10,20H,(H,21,23)(H,22,24). The van der Waals surface area contributed by atoms with Gasteiger partial charge in [-0.3, -0.25) is 9.89 Å². The highest BCUT2D eigenvalue weighted by molar-refractivity contribution is 6.09. The van der Waals surface area contributed by atoms with E-state index in [0.717, 1.165) is 22.0 Å². The number of anilines is 1. The molecule has 0 aliphatic carbocycles. The molecule has 0 radical (unpaired) electrons. The Labute approximate surface area is 136 Å². The highest BCUT2D eigenvalue weighted by Gasteiger charge is 2.14. The number of benzene rings is 2. The summed E-state index contributed by atoms with van der Waals surface area (Å²) in [4.78, 5) is 15.5. The van der Waals surface area contributed by atoms with Crippen molar-refractivity contribution in [2.75, 3.05) is 5.32 Å². The van der Waals surface area contributed by atoms with Gasteiger partial charge in [-0.25, -0.2) is 4.39 Å². The average molecular weight is 320 g/mol. The molecule has 0 aliphatic heterocycles. The number of fused-ring (bicyclic) bond motifs is 1. The van der Waals surface area contributed by atoms with Crippen molar-refractivity contribution in [2.45, 2.75) is 0 Å². The molecule has 24 heavy (non-hydrogen) atoms. The van der Waals surface area contributed by atoms with E-state index in [-0.39, 0.29) is 11.7 Å². The fourth-order valence-corrected chi connectivity index (χ4v) is 2.63. The number of halogens is 1. The van der Waals surface area contributed by atoms with Crippen LogP contribution >= 0.6 is 0 Å². The van der Waals surface area contributed by atoms with Crippen LogP contribution in [-0.2, 0) is 0 Å². The second-order valence-corrected chi connectivity index (χ2v) is 5.42. The lowest BCUT2D eigenvalue weighted by Crippen LogP contribution is -2.12. The van der Waals surface area contributed by atoms with Gasteiger partial charge in [0.1, 0.15) is 5.82 Å². The Morgan fingerprint density at radius 1 is 1.08 bits per heavy atom. The van der Waals surface area contributed by atoms with Crippen molar-refractivity contribution in [1.82, 2.24) is 15.2 Å².